The predicted molar refractivity (Wildman–Crippen MR) is 113 cm³/mol. The molecule has 1 aliphatic carbocycles. The van der Waals surface area contributed by atoms with Crippen LogP contribution < -0.4 is 10.1 Å². The second kappa shape index (κ2) is 9.37. The van der Waals surface area contributed by atoms with E-state index >= 15 is 0 Å². The van der Waals surface area contributed by atoms with Crippen molar-refractivity contribution in [2.75, 3.05) is 18.5 Å². The highest BCUT2D eigenvalue weighted by Crippen LogP contribution is 2.34. The average molecular weight is 385 g/mol. The van der Waals surface area contributed by atoms with Gasteiger partial charge in [0.05, 0.1) is 12.3 Å². The number of carbonyl (C=O) groups excluding carboxylic acids is 1. The van der Waals surface area contributed by atoms with Crippen LogP contribution in [0.5, 0.6) is 5.75 Å². The maximum absolute atomic E-state index is 13.3. The minimum Gasteiger partial charge on any atom is -0.491 e. The number of rotatable bonds is 7. The second-order valence-corrected chi connectivity index (χ2v) is 8.01. The van der Waals surface area contributed by atoms with Crippen molar-refractivity contribution in [3.05, 3.63) is 30.5 Å². The van der Waals surface area contributed by atoms with Crippen molar-refractivity contribution in [1.82, 2.24) is 4.98 Å². The van der Waals surface area contributed by atoms with Crippen LogP contribution in [0.25, 0.3) is 10.9 Å². The molecule has 1 aromatic carbocycles. The Balaban J connectivity index is 1.88. The van der Waals surface area contributed by atoms with Gasteiger partial charge in [0.1, 0.15) is 16.9 Å². The van der Waals surface area contributed by atoms with Gasteiger partial charge in [-0.25, -0.2) is 0 Å². The van der Waals surface area contributed by atoms with Gasteiger partial charge in [0, 0.05) is 18.2 Å². The molecule has 0 spiro atoms. The lowest BCUT2D eigenvalue weighted by molar-refractivity contribution is -0.143. The number of ether oxygens (including phenoxy) is 2. The van der Waals surface area contributed by atoms with E-state index < -0.39 is 5.60 Å². The Hall–Kier alpha value is -2.14. The van der Waals surface area contributed by atoms with Crippen molar-refractivity contribution in [1.29, 1.82) is 0 Å². The molecule has 0 aliphatic heterocycles. The van der Waals surface area contributed by atoms with E-state index in [1.165, 1.54) is 0 Å². The van der Waals surface area contributed by atoms with E-state index in [9.17, 15) is 4.79 Å². The van der Waals surface area contributed by atoms with E-state index in [1.54, 1.807) is 6.20 Å². The summed E-state index contributed by atoms with van der Waals surface area (Å²) in [6.07, 6.45) is 7.68. The fourth-order valence-corrected chi connectivity index (χ4v) is 3.88. The first-order chi connectivity index (χ1) is 13.6. The molecule has 1 amide bonds. The van der Waals surface area contributed by atoms with Crippen LogP contribution in [-0.2, 0) is 9.53 Å². The zero-order chi connectivity index (χ0) is 20.0. The molecule has 1 aromatic heterocycles. The number of nitrogens with zero attached hydrogens (tertiary/aromatic N) is 1. The van der Waals surface area contributed by atoms with Crippen LogP contribution >= 0.6 is 0 Å². The van der Waals surface area contributed by atoms with E-state index in [4.69, 9.17) is 9.47 Å². The average Bonchev–Trinajstić information content (AvgIpc) is 2.94. The molecule has 0 radical (unpaired) electrons. The summed E-state index contributed by atoms with van der Waals surface area (Å²) in [6.45, 7) is 7.36. The molecule has 1 aliphatic rings. The van der Waals surface area contributed by atoms with Gasteiger partial charge >= 0.3 is 0 Å². The van der Waals surface area contributed by atoms with Crippen molar-refractivity contribution in [3.8, 4) is 5.75 Å². The Kier molecular flexibility index (Phi) is 6.89. The molecule has 1 fully saturated rings. The van der Waals surface area contributed by atoms with Crippen LogP contribution in [0.1, 0.15) is 59.3 Å². The number of fused-ring (bicyclic) bond motifs is 1. The molecular formula is C23H32N2O3. The number of hydrogen-bond acceptors (Lipinski definition) is 4. The summed E-state index contributed by atoms with van der Waals surface area (Å²) >= 11 is 0. The van der Waals surface area contributed by atoms with Crippen molar-refractivity contribution < 1.29 is 14.3 Å². The highest BCUT2D eigenvalue weighted by atomic mass is 16.5. The highest BCUT2D eigenvalue weighted by Gasteiger charge is 2.39. The maximum atomic E-state index is 13.3. The summed E-state index contributed by atoms with van der Waals surface area (Å²) in [5, 5.41) is 4.03. The van der Waals surface area contributed by atoms with Crippen LogP contribution in [0.15, 0.2) is 30.5 Å². The summed E-state index contributed by atoms with van der Waals surface area (Å²) in [6, 6.07) is 7.66. The standard InChI is InChI=1S/C23H32N2O3/c1-4-28-23(13-7-5-6-8-14-23)22(26)25-19-11-12-20(27-16-17(2)3)21-18(19)10-9-15-24-21/h9-12,15,17H,4-8,13-14,16H2,1-3H3,(H,25,26). The van der Waals surface area contributed by atoms with E-state index in [0.29, 0.717) is 19.1 Å². The largest absolute Gasteiger partial charge is 0.491 e. The summed E-state index contributed by atoms with van der Waals surface area (Å²) in [4.78, 5) is 17.8. The van der Waals surface area contributed by atoms with Gasteiger partial charge in [-0.1, -0.05) is 39.5 Å². The van der Waals surface area contributed by atoms with Gasteiger partial charge < -0.3 is 14.8 Å². The van der Waals surface area contributed by atoms with Crippen molar-refractivity contribution in [2.45, 2.75) is 64.9 Å². The molecule has 152 valence electrons. The lowest BCUT2D eigenvalue weighted by atomic mass is 9.92. The van der Waals surface area contributed by atoms with E-state index in [-0.39, 0.29) is 5.91 Å². The van der Waals surface area contributed by atoms with E-state index in [0.717, 1.165) is 60.9 Å². The normalized spacial score (nSPS) is 16.7. The minimum atomic E-state index is -0.730. The smallest absolute Gasteiger partial charge is 0.256 e. The second-order valence-electron chi connectivity index (χ2n) is 8.01. The molecule has 1 heterocycles. The van der Waals surface area contributed by atoms with Crippen molar-refractivity contribution in [3.63, 3.8) is 0 Å². The molecule has 0 bridgehead atoms. The zero-order valence-electron chi connectivity index (χ0n) is 17.3. The maximum Gasteiger partial charge on any atom is 0.256 e. The SMILES string of the molecule is CCOC1(C(=O)Nc2ccc(OCC(C)C)c3ncccc23)CCCCCC1. The quantitative estimate of drug-likeness (QED) is 0.655. The number of anilines is 1. The molecule has 2 aromatic rings. The van der Waals surface area contributed by atoms with E-state index in [2.05, 4.69) is 24.1 Å². The third-order valence-electron chi connectivity index (χ3n) is 5.30. The summed E-state index contributed by atoms with van der Waals surface area (Å²) in [7, 11) is 0. The number of benzene rings is 1. The third kappa shape index (κ3) is 4.64. The minimum absolute atomic E-state index is 0.0442. The van der Waals surface area contributed by atoms with Gasteiger partial charge in [-0.3, -0.25) is 9.78 Å². The molecule has 28 heavy (non-hydrogen) atoms. The van der Waals surface area contributed by atoms with Crippen molar-refractivity contribution >= 4 is 22.5 Å². The predicted octanol–water partition coefficient (Wildman–Crippen LogP) is 5.34. The Morgan fingerprint density at radius 2 is 1.93 bits per heavy atom. The third-order valence-corrected chi connectivity index (χ3v) is 5.30. The molecule has 1 N–H and O–H groups in total. The van der Waals surface area contributed by atoms with Gasteiger partial charge in [-0.05, 0) is 49.9 Å². The molecule has 0 unspecified atom stereocenters. The molecule has 3 rings (SSSR count). The first kappa shape index (κ1) is 20.6. The Labute approximate surface area is 167 Å². The number of pyridine rings is 1. The number of hydrogen-bond donors (Lipinski definition) is 1. The fourth-order valence-electron chi connectivity index (χ4n) is 3.88. The first-order valence-corrected chi connectivity index (χ1v) is 10.5. The summed E-state index contributed by atoms with van der Waals surface area (Å²) in [5.41, 5.74) is 0.799. The lowest BCUT2D eigenvalue weighted by Gasteiger charge is -2.31. The molecule has 5 nitrogen and oxygen atoms in total. The first-order valence-electron chi connectivity index (χ1n) is 10.5. The summed E-state index contributed by atoms with van der Waals surface area (Å²) < 4.78 is 12.0. The number of carbonyl (C=O) groups is 1. The van der Waals surface area contributed by atoms with Gasteiger partial charge in [-0.15, -0.1) is 0 Å². The van der Waals surface area contributed by atoms with E-state index in [1.807, 2.05) is 31.2 Å². The molecule has 5 heteroatoms. The highest BCUT2D eigenvalue weighted by molar-refractivity contribution is 6.05. The van der Waals surface area contributed by atoms with Crippen LogP contribution in [0, 0.1) is 5.92 Å². The Morgan fingerprint density at radius 1 is 1.18 bits per heavy atom. The Morgan fingerprint density at radius 3 is 2.61 bits per heavy atom. The van der Waals surface area contributed by atoms with Crippen LogP contribution in [0.3, 0.4) is 0 Å². The molecular weight excluding hydrogens is 352 g/mol. The lowest BCUT2D eigenvalue weighted by Crippen LogP contribution is -2.45. The monoisotopic (exact) mass is 384 g/mol. The van der Waals surface area contributed by atoms with Gasteiger partial charge in [-0.2, -0.15) is 0 Å². The van der Waals surface area contributed by atoms with Crippen LogP contribution in [0.4, 0.5) is 5.69 Å². The van der Waals surface area contributed by atoms with Crippen LogP contribution in [-0.4, -0.2) is 29.7 Å². The van der Waals surface area contributed by atoms with Gasteiger partial charge in [0.25, 0.3) is 5.91 Å². The topological polar surface area (TPSA) is 60.5 Å². The van der Waals surface area contributed by atoms with Crippen LogP contribution in [0.2, 0.25) is 0 Å². The summed E-state index contributed by atoms with van der Waals surface area (Å²) in [5.74, 6) is 1.13. The Bertz CT molecular complexity index is 796. The number of amides is 1. The zero-order valence-corrected chi connectivity index (χ0v) is 17.3. The number of aromatic nitrogens is 1. The molecule has 1 saturated carbocycles. The van der Waals surface area contributed by atoms with Gasteiger partial charge in [0.15, 0.2) is 0 Å². The fraction of sp³-hybridized carbons (Fsp3) is 0.565. The molecule has 0 saturated heterocycles. The van der Waals surface area contributed by atoms with Crippen molar-refractivity contribution in [2.24, 2.45) is 5.92 Å². The number of nitrogens with one attached hydrogen (secondary N) is 1. The van der Waals surface area contributed by atoms with Gasteiger partial charge in [0.2, 0.25) is 0 Å². The molecule has 0 atom stereocenters.